The fourth-order valence-corrected chi connectivity index (χ4v) is 3.90. The van der Waals surface area contributed by atoms with Crippen LogP contribution in [0.15, 0.2) is 39.7 Å². The van der Waals surface area contributed by atoms with Crippen molar-refractivity contribution in [1.29, 1.82) is 0 Å². The second-order valence-electron chi connectivity index (χ2n) is 4.33. The molecule has 0 aliphatic rings. The van der Waals surface area contributed by atoms with Gasteiger partial charge in [0.2, 0.25) is 0 Å². The van der Waals surface area contributed by atoms with Crippen LogP contribution in [0.25, 0.3) is 0 Å². The topological polar surface area (TPSA) is 72.2 Å². The van der Waals surface area contributed by atoms with Crippen molar-refractivity contribution in [3.8, 4) is 0 Å². The predicted octanol–water partition coefficient (Wildman–Crippen LogP) is 3.93. The number of benzene rings is 2. The van der Waals surface area contributed by atoms with Gasteiger partial charge in [-0.1, -0.05) is 33.6 Å². The van der Waals surface area contributed by atoms with Crippen LogP contribution in [0.5, 0.6) is 0 Å². The van der Waals surface area contributed by atoms with Crippen LogP contribution in [-0.2, 0) is 10.0 Å². The maximum Gasteiger partial charge on any atom is 0.262 e. The molecule has 0 bridgehead atoms. The molecule has 4 nitrogen and oxygen atoms in total. The van der Waals surface area contributed by atoms with Crippen molar-refractivity contribution < 1.29 is 12.8 Å². The van der Waals surface area contributed by atoms with E-state index in [4.69, 9.17) is 17.3 Å². The Morgan fingerprint density at radius 3 is 2.67 bits per heavy atom. The highest BCUT2D eigenvalue weighted by molar-refractivity contribution is 9.10. The summed E-state index contributed by atoms with van der Waals surface area (Å²) in [5, 5.41) is -0.166. The molecule has 2 rings (SSSR count). The minimum absolute atomic E-state index is 0.0336. The van der Waals surface area contributed by atoms with E-state index in [1.165, 1.54) is 24.3 Å². The zero-order valence-electron chi connectivity index (χ0n) is 10.8. The van der Waals surface area contributed by atoms with Crippen LogP contribution in [0.1, 0.15) is 5.56 Å². The molecule has 0 atom stereocenters. The third-order valence-corrected chi connectivity index (χ3v) is 5.09. The molecule has 8 heteroatoms. The molecule has 0 unspecified atom stereocenters. The zero-order chi connectivity index (χ0) is 15.8. The van der Waals surface area contributed by atoms with Crippen LogP contribution in [0, 0.1) is 12.7 Å². The summed E-state index contributed by atoms with van der Waals surface area (Å²) in [6.07, 6.45) is 0. The number of nitrogens with one attached hydrogen (secondary N) is 1. The van der Waals surface area contributed by atoms with E-state index >= 15 is 0 Å². The summed E-state index contributed by atoms with van der Waals surface area (Å²) in [6.45, 7) is 1.57. The number of nitrogens with two attached hydrogens (primary N) is 1. The largest absolute Gasteiger partial charge is 0.398 e. The number of halogens is 3. The second-order valence-corrected chi connectivity index (χ2v) is 7.30. The Hall–Kier alpha value is -1.31. The van der Waals surface area contributed by atoms with Gasteiger partial charge in [0.25, 0.3) is 10.0 Å². The molecule has 112 valence electrons. The molecule has 0 saturated heterocycles. The van der Waals surface area contributed by atoms with Crippen molar-refractivity contribution in [3.05, 3.63) is 51.2 Å². The molecule has 0 aliphatic carbocycles. The monoisotopic (exact) mass is 392 g/mol. The summed E-state index contributed by atoms with van der Waals surface area (Å²) in [4.78, 5) is -0.0336. The van der Waals surface area contributed by atoms with Crippen LogP contribution in [-0.4, -0.2) is 8.42 Å². The summed E-state index contributed by atoms with van der Waals surface area (Å²) < 4.78 is 41.3. The predicted molar refractivity (Wildman–Crippen MR) is 85.5 cm³/mol. The minimum atomic E-state index is -3.99. The van der Waals surface area contributed by atoms with Gasteiger partial charge in [-0.05, 0) is 36.8 Å². The summed E-state index contributed by atoms with van der Waals surface area (Å²) in [7, 11) is -3.99. The average molecular weight is 394 g/mol. The third kappa shape index (κ3) is 3.30. The molecule has 0 heterocycles. The van der Waals surface area contributed by atoms with Gasteiger partial charge in [-0.15, -0.1) is 0 Å². The Labute approximate surface area is 135 Å². The van der Waals surface area contributed by atoms with Gasteiger partial charge in [-0.3, -0.25) is 4.72 Å². The van der Waals surface area contributed by atoms with Crippen LogP contribution in [0.2, 0.25) is 5.02 Å². The lowest BCUT2D eigenvalue weighted by Gasteiger charge is -2.13. The Morgan fingerprint density at radius 1 is 1.33 bits per heavy atom. The summed E-state index contributed by atoms with van der Waals surface area (Å²) in [6, 6.07) is 7.06. The summed E-state index contributed by atoms with van der Waals surface area (Å²) in [5.41, 5.74) is 6.22. The fraction of sp³-hybridized carbons (Fsp3) is 0.0769. The van der Waals surface area contributed by atoms with Crippen molar-refractivity contribution in [3.63, 3.8) is 0 Å². The van der Waals surface area contributed by atoms with E-state index in [1.807, 2.05) is 0 Å². The van der Waals surface area contributed by atoms with Gasteiger partial charge in [0.05, 0.1) is 15.6 Å². The maximum absolute atomic E-state index is 13.8. The molecule has 0 radical (unpaired) electrons. The molecule has 0 fully saturated rings. The molecule has 0 aliphatic heterocycles. The lowest BCUT2D eigenvalue weighted by Crippen LogP contribution is -2.16. The SMILES string of the molecule is Cc1c(N)cc(Br)cc1S(=O)(=O)Nc1cccc(Cl)c1F. The number of anilines is 2. The average Bonchev–Trinajstić information content (AvgIpc) is 2.39. The van der Waals surface area contributed by atoms with Gasteiger partial charge in [0.1, 0.15) is 0 Å². The van der Waals surface area contributed by atoms with Gasteiger partial charge < -0.3 is 5.73 Å². The van der Waals surface area contributed by atoms with Gasteiger partial charge in [-0.2, -0.15) is 0 Å². The highest BCUT2D eigenvalue weighted by Gasteiger charge is 2.21. The van der Waals surface area contributed by atoms with E-state index < -0.39 is 15.8 Å². The second kappa shape index (κ2) is 5.82. The first kappa shape index (κ1) is 16.1. The van der Waals surface area contributed by atoms with Crippen LogP contribution in [0.3, 0.4) is 0 Å². The van der Waals surface area contributed by atoms with E-state index in [-0.39, 0.29) is 15.6 Å². The number of rotatable bonds is 3. The van der Waals surface area contributed by atoms with Crippen LogP contribution < -0.4 is 10.5 Å². The molecular formula is C13H11BrClFN2O2S. The molecule has 2 aromatic rings. The van der Waals surface area contributed by atoms with Gasteiger partial charge >= 0.3 is 0 Å². The Morgan fingerprint density at radius 2 is 2.00 bits per heavy atom. The van der Waals surface area contributed by atoms with E-state index in [0.717, 1.165) is 0 Å². The zero-order valence-corrected chi connectivity index (χ0v) is 14.0. The first-order valence-corrected chi connectivity index (χ1v) is 8.40. The molecule has 0 saturated carbocycles. The van der Waals surface area contributed by atoms with Crippen molar-refractivity contribution >= 4 is 48.9 Å². The summed E-state index contributed by atoms with van der Waals surface area (Å²) in [5.74, 6) is -0.830. The van der Waals surface area contributed by atoms with Crippen molar-refractivity contribution in [1.82, 2.24) is 0 Å². The van der Waals surface area contributed by atoms with E-state index in [2.05, 4.69) is 20.7 Å². The highest BCUT2D eigenvalue weighted by Crippen LogP contribution is 2.29. The van der Waals surface area contributed by atoms with Crippen molar-refractivity contribution in [2.75, 3.05) is 10.5 Å². The molecule has 0 aromatic heterocycles. The lowest BCUT2D eigenvalue weighted by molar-refractivity contribution is 0.598. The minimum Gasteiger partial charge on any atom is -0.398 e. The van der Waals surface area contributed by atoms with Gasteiger partial charge in [-0.25, -0.2) is 12.8 Å². The summed E-state index contributed by atoms with van der Waals surface area (Å²) >= 11 is 8.82. The standard InChI is InChI=1S/C13H11BrClFN2O2S/c1-7-10(17)5-8(14)6-12(7)21(19,20)18-11-4-2-3-9(15)13(11)16/h2-6,18H,17H2,1H3. The quantitative estimate of drug-likeness (QED) is 0.776. The number of hydrogen-bond acceptors (Lipinski definition) is 3. The Kier molecular flexibility index (Phi) is 4.46. The van der Waals surface area contributed by atoms with E-state index in [0.29, 0.717) is 15.7 Å². The smallest absolute Gasteiger partial charge is 0.262 e. The molecule has 0 spiro atoms. The fourth-order valence-electron chi connectivity index (χ4n) is 1.74. The molecule has 21 heavy (non-hydrogen) atoms. The van der Waals surface area contributed by atoms with Crippen LogP contribution >= 0.6 is 27.5 Å². The number of nitrogen functional groups attached to an aromatic ring is 1. The van der Waals surface area contributed by atoms with Crippen molar-refractivity contribution in [2.45, 2.75) is 11.8 Å². The number of hydrogen-bond donors (Lipinski definition) is 2. The van der Waals surface area contributed by atoms with Crippen molar-refractivity contribution in [2.24, 2.45) is 0 Å². The molecule has 0 amide bonds. The first-order valence-electron chi connectivity index (χ1n) is 5.75. The Bertz CT molecular complexity index is 812. The number of sulfonamides is 1. The molecular weight excluding hydrogens is 383 g/mol. The third-order valence-electron chi connectivity index (χ3n) is 2.85. The van der Waals surface area contributed by atoms with E-state index in [1.54, 1.807) is 13.0 Å². The molecule has 2 aromatic carbocycles. The highest BCUT2D eigenvalue weighted by atomic mass is 79.9. The van der Waals surface area contributed by atoms with E-state index in [9.17, 15) is 12.8 Å². The van der Waals surface area contributed by atoms with Crippen LogP contribution in [0.4, 0.5) is 15.8 Å². The lowest BCUT2D eigenvalue weighted by atomic mass is 10.2. The Balaban J connectivity index is 2.51. The normalized spacial score (nSPS) is 11.4. The maximum atomic E-state index is 13.8. The van der Waals surface area contributed by atoms with Gasteiger partial charge in [0.15, 0.2) is 5.82 Å². The molecule has 3 N–H and O–H groups in total. The first-order chi connectivity index (χ1) is 9.72. The van der Waals surface area contributed by atoms with Gasteiger partial charge in [0, 0.05) is 10.2 Å².